The highest BCUT2D eigenvalue weighted by atomic mass is 32.2. The minimum atomic E-state index is -3.63. The van der Waals surface area contributed by atoms with Gasteiger partial charge < -0.3 is 9.84 Å². The smallest absolute Gasteiger partial charge is 0.336 e. The molecule has 106 valence electrons. The third-order valence-electron chi connectivity index (χ3n) is 2.80. The average Bonchev–Trinajstić information content (AvgIpc) is 2.77. The van der Waals surface area contributed by atoms with Crippen LogP contribution in [0.5, 0.6) is 0 Å². The molecule has 1 aromatic heterocycles. The molecule has 0 saturated carbocycles. The zero-order valence-electron chi connectivity index (χ0n) is 10.6. The largest absolute Gasteiger partial charge is 0.478 e. The lowest BCUT2D eigenvalue weighted by Crippen LogP contribution is -2.47. The summed E-state index contributed by atoms with van der Waals surface area (Å²) in [5.41, 5.74) is -0.00192. The lowest BCUT2D eigenvalue weighted by molar-refractivity contribution is -0.0440. The second kappa shape index (κ2) is 5.20. The molecule has 0 spiro atoms. The molecular formula is C11H15NO5S2. The van der Waals surface area contributed by atoms with Crippen molar-refractivity contribution < 1.29 is 23.1 Å². The zero-order valence-corrected chi connectivity index (χ0v) is 12.2. The molecule has 0 amide bonds. The van der Waals surface area contributed by atoms with Crippen molar-refractivity contribution in [3.05, 3.63) is 17.0 Å². The average molecular weight is 305 g/mol. The Morgan fingerprint density at radius 3 is 2.47 bits per heavy atom. The Morgan fingerprint density at radius 2 is 2.00 bits per heavy atom. The molecule has 2 atom stereocenters. The lowest BCUT2D eigenvalue weighted by Gasteiger charge is -2.34. The Morgan fingerprint density at radius 1 is 1.42 bits per heavy atom. The van der Waals surface area contributed by atoms with E-state index in [1.807, 2.05) is 13.8 Å². The number of carbonyl (C=O) groups is 1. The lowest BCUT2D eigenvalue weighted by atomic mass is 10.3. The number of thiophene rings is 1. The Hall–Kier alpha value is -0.960. The van der Waals surface area contributed by atoms with Gasteiger partial charge >= 0.3 is 5.97 Å². The van der Waals surface area contributed by atoms with Crippen LogP contribution in [0.3, 0.4) is 0 Å². The maximum absolute atomic E-state index is 12.4. The summed E-state index contributed by atoms with van der Waals surface area (Å²) in [6.07, 6.45) is -0.338. The highest BCUT2D eigenvalue weighted by Crippen LogP contribution is 2.26. The van der Waals surface area contributed by atoms with Gasteiger partial charge in [-0.05, 0) is 19.9 Å². The van der Waals surface area contributed by atoms with E-state index in [1.165, 1.54) is 15.8 Å². The molecule has 1 aliphatic heterocycles. The monoisotopic (exact) mass is 305 g/mol. The van der Waals surface area contributed by atoms with E-state index in [9.17, 15) is 13.2 Å². The van der Waals surface area contributed by atoms with E-state index in [-0.39, 0.29) is 35.1 Å². The predicted molar refractivity (Wildman–Crippen MR) is 70.0 cm³/mol. The molecule has 1 aliphatic rings. The summed E-state index contributed by atoms with van der Waals surface area (Å²) in [7, 11) is -3.63. The number of carboxylic acid groups (broad SMARTS) is 1. The molecular weight excluding hydrogens is 290 g/mol. The van der Waals surface area contributed by atoms with E-state index in [0.717, 1.165) is 11.3 Å². The number of morpholine rings is 1. The molecule has 2 heterocycles. The van der Waals surface area contributed by atoms with E-state index >= 15 is 0 Å². The Bertz CT molecular complexity index is 570. The molecule has 1 fully saturated rings. The van der Waals surface area contributed by atoms with Gasteiger partial charge in [0.2, 0.25) is 0 Å². The maximum atomic E-state index is 12.4. The second-order valence-electron chi connectivity index (χ2n) is 4.54. The summed E-state index contributed by atoms with van der Waals surface area (Å²) in [4.78, 5) is 10.8. The van der Waals surface area contributed by atoms with Gasteiger partial charge in [0.05, 0.1) is 17.8 Å². The van der Waals surface area contributed by atoms with Crippen molar-refractivity contribution in [1.29, 1.82) is 0 Å². The number of hydrogen-bond donors (Lipinski definition) is 1. The quantitative estimate of drug-likeness (QED) is 0.908. The summed E-state index contributed by atoms with van der Waals surface area (Å²) in [5, 5.41) is 10.2. The minimum Gasteiger partial charge on any atom is -0.478 e. The highest BCUT2D eigenvalue weighted by molar-refractivity contribution is 7.91. The van der Waals surface area contributed by atoms with Gasteiger partial charge in [0.25, 0.3) is 10.0 Å². The summed E-state index contributed by atoms with van der Waals surface area (Å²) in [6.45, 7) is 4.20. The third kappa shape index (κ3) is 2.97. The normalized spacial score (nSPS) is 25.4. The molecule has 0 radical (unpaired) electrons. The summed E-state index contributed by atoms with van der Waals surface area (Å²) in [5.74, 6) is -1.12. The van der Waals surface area contributed by atoms with Gasteiger partial charge in [-0.1, -0.05) is 0 Å². The van der Waals surface area contributed by atoms with E-state index in [2.05, 4.69) is 0 Å². The molecule has 19 heavy (non-hydrogen) atoms. The van der Waals surface area contributed by atoms with Crippen LogP contribution in [0.1, 0.15) is 24.2 Å². The molecule has 1 saturated heterocycles. The van der Waals surface area contributed by atoms with Gasteiger partial charge in [-0.2, -0.15) is 4.31 Å². The van der Waals surface area contributed by atoms with Gasteiger partial charge in [-0.25, -0.2) is 13.2 Å². The molecule has 0 bridgehead atoms. The molecule has 0 aliphatic carbocycles. The maximum Gasteiger partial charge on any atom is 0.336 e. The fraction of sp³-hybridized carbons (Fsp3) is 0.545. The molecule has 1 N–H and O–H groups in total. The van der Waals surface area contributed by atoms with E-state index in [1.54, 1.807) is 0 Å². The van der Waals surface area contributed by atoms with Crippen molar-refractivity contribution in [1.82, 2.24) is 4.31 Å². The zero-order chi connectivity index (χ0) is 14.2. The minimum absolute atomic E-state index is 0.00192. The predicted octanol–water partition coefficient (Wildman–Crippen LogP) is 1.24. The van der Waals surface area contributed by atoms with Crippen LogP contribution in [0.2, 0.25) is 0 Å². The Labute approximate surface area is 115 Å². The number of ether oxygens (including phenoxy) is 1. The Kier molecular flexibility index (Phi) is 3.95. The first kappa shape index (κ1) is 14.4. The molecule has 2 unspecified atom stereocenters. The van der Waals surface area contributed by atoms with Crippen LogP contribution in [0.15, 0.2) is 15.7 Å². The topological polar surface area (TPSA) is 83.9 Å². The summed E-state index contributed by atoms with van der Waals surface area (Å²) >= 11 is 0.930. The van der Waals surface area contributed by atoms with Crippen LogP contribution in [0.4, 0.5) is 0 Å². The number of carboxylic acids is 1. The summed E-state index contributed by atoms with van der Waals surface area (Å²) < 4.78 is 31.7. The van der Waals surface area contributed by atoms with Gasteiger partial charge in [0.15, 0.2) is 0 Å². The van der Waals surface area contributed by atoms with Gasteiger partial charge in [-0.15, -0.1) is 11.3 Å². The number of aromatic carboxylic acids is 1. The van der Waals surface area contributed by atoms with Crippen LogP contribution in [-0.2, 0) is 14.8 Å². The fourth-order valence-electron chi connectivity index (χ4n) is 2.02. The van der Waals surface area contributed by atoms with E-state index < -0.39 is 16.0 Å². The van der Waals surface area contributed by atoms with Crippen molar-refractivity contribution in [2.75, 3.05) is 13.1 Å². The highest BCUT2D eigenvalue weighted by Gasteiger charge is 2.33. The number of nitrogens with zero attached hydrogens (tertiary/aromatic N) is 1. The molecule has 8 heteroatoms. The van der Waals surface area contributed by atoms with Crippen LogP contribution >= 0.6 is 11.3 Å². The summed E-state index contributed by atoms with van der Waals surface area (Å²) in [6, 6.07) is 1.20. The van der Waals surface area contributed by atoms with E-state index in [0.29, 0.717) is 0 Å². The third-order valence-corrected chi connectivity index (χ3v) is 6.05. The standard InChI is InChI=1S/C11H15NO5S2/c1-7-4-12(5-8(2)17-7)19(15,16)10-3-9(6-18-10)11(13)14/h3,6-8H,4-5H2,1-2H3,(H,13,14). The van der Waals surface area contributed by atoms with Crippen LogP contribution in [0.25, 0.3) is 0 Å². The van der Waals surface area contributed by atoms with Crippen LogP contribution < -0.4 is 0 Å². The van der Waals surface area contributed by atoms with Crippen molar-refractivity contribution in [3.8, 4) is 0 Å². The number of hydrogen-bond acceptors (Lipinski definition) is 5. The van der Waals surface area contributed by atoms with E-state index in [4.69, 9.17) is 9.84 Å². The van der Waals surface area contributed by atoms with Crippen LogP contribution in [0, 0.1) is 0 Å². The van der Waals surface area contributed by atoms with Crippen molar-refractivity contribution >= 4 is 27.3 Å². The molecule has 2 rings (SSSR count). The second-order valence-corrected chi connectivity index (χ2v) is 7.61. The molecule has 1 aromatic rings. The van der Waals surface area contributed by atoms with Crippen molar-refractivity contribution in [2.24, 2.45) is 0 Å². The number of sulfonamides is 1. The van der Waals surface area contributed by atoms with Crippen LogP contribution in [-0.4, -0.2) is 49.1 Å². The fourth-order valence-corrected chi connectivity index (χ4v) is 4.91. The van der Waals surface area contributed by atoms with Gasteiger partial charge in [0, 0.05) is 18.5 Å². The first-order chi connectivity index (χ1) is 8.80. The first-order valence-corrected chi connectivity index (χ1v) is 8.10. The van der Waals surface area contributed by atoms with Crippen molar-refractivity contribution in [2.45, 2.75) is 30.3 Å². The molecule has 0 aromatic carbocycles. The molecule has 6 nitrogen and oxygen atoms in total. The first-order valence-electron chi connectivity index (χ1n) is 5.78. The Balaban J connectivity index is 2.28. The number of rotatable bonds is 3. The van der Waals surface area contributed by atoms with Crippen molar-refractivity contribution in [3.63, 3.8) is 0 Å². The van der Waals surface area contributed by atoms with Gasteiger partial charge in [0.1, 0.15) is 4.21 Å². The van der Waals surface area contributed by atoms with Gasteiger partial charge in [-0.3, -0.25) is 0 Å². The SMILES string of the molecule is CC1CN(S(=O)(=O)c2cc(C(=O)O)cs2)CC(C)O1.